The zero-order valence-electron chi connectivity index (χ0n) is 6.02. The largest absolute Gasteiger partial charge is 0.148 e. The van der Waals surface area contributed by atoms with E-state index in [9.17, 15) is 0 Å². The van der Waals surface area contributed by atoms with Crippen molar-refractivity contribution in [1.29, 1.82) is 0 Å². The van der Waals surface area contributed by atoms with Gasteiger partial charge in [-0.2, -0.15) is 0 Å². The molecule has 0 atom stereocenters. The van der Waals surface area contributed by atoms with E-state index in [2.05, 4.69) is 34.3 Å². The van der Waals surface area contributed by atoms with Crippen LogP contribution in [-0.2, 0) is 0 Å². The van der Waals surface area contributed by atoms with Crippen LogP contribution in [0.5, 0.6) is 0 Å². The fraction of sp³-hybridized carbons (Fsp3) is 0.667. The molecule has 0 nitrogen and oxygen atoms in total. The van der Waals surface area contributed by atoms with Gasteiger partial charge in [0.15, 0.2) is 0 Å². The molecule has 0 unspecified atom stereocenters. The number of rotatable bonds is 1. The summed E-state index contributed by atoms with van der Waals surface area (Å²) in [4.78, 5) is 1.15. The van der Waals surface area contributed by atoms with Crippen LogP contribution in [0.4, 0.5) is 0 Å². The van der Waals surface area contributed by atoms with Gasteiger partial charge in [-0.05, 0) is 17.1 Å². The lowest BCUT2D eigenvalue weighted by atomic mass is 9.72. The first kappa shape index (κ1) is 8.15. The zero-order chi connectivity index (χ0) is 6.78. The molecule has 0 saturated carbocycles. The Bertz CT molecular complexity index is 99.6. The van der Waals surface area contributed by atoms with E-state index in [0.717, 1.165) is 4.91 Å². The van der Waals surface area contributed by atoms with Crippen LogP contribution in [0.1, 0.15) is 20.8 Å². The van der Waals surface area contributed by atoms with E-state index in [-0.39, 0.29) is 5.31 Å². The lowest BCUT2D eigenvalue weighted by molar-refractivity contribution is 0.846. The third-order valence-corrected chi connectivity index (χ3v) is 1.97. The van der Waals surface area contributed by atoms with Gasteiger partial charge in [0.25, 0.3) is 0 Å². The lowest BCUT2D eigenvalue weighted by Crippen LogP contribution is -2.00. The second-order valence-corrected chi connectivity index (χ2v) is 3.41. The maximum atomic E-state index is 4.27. The minimum atomic E-state index is 0.234. The van der Waals surface area contributed by atoms with E-state index in [4.69, 9.17) is 0 Å². The number of hydrogen-bond donors (Lipinski definition) is 1. The molecular weight excluding hydrogens is 115 g/mol. The molecule has 0 spiro atoms. The Morgan fingerprint density at radius 3 is 2.00 bits per heavy atom. The Hall–Kier alpha value is 0.155. The summed E-state index contributed by atoms with van der Waals surface area (Å²) < 4.78 is 0. The molecule has 0 aliphatic carbocycles. The van der Waals surface area contributed by atoms with Crippen LogP contribution < -0.4 is 0 Å². The topological polar surface area (TPSA) is 0 Å². The third-order valence-electron chi connectivity index (χ3n) is 1.04. The average molecular weight is 128 g/mol. The normalized spacial score (nSPS) is 14.2. The molecule has 0 rings (SSSR count). The molecule has 0 aliphatic heterocycles. The lowest BCUT2D eigenvalue weighted by Gasteiger charge is -2.17. The van der Waals surface area contributed by atoms with Crippen molar-refractivity contribution in [3.05, 3.63) is 11.0 Å². The monoisotopic (exact) mass is 128 g/mol. The molecule has 0 heterocycles. The molecule has 0 radical (unpaired) electrons. The van der Waals surface area contributed by atoms with E-state index < -0.39 is 0 Å². The van der Waals surface area contributed by atoms with Gasteiger partial charge in [0, 0.05) is 0 Å². The molecule has 0 aromatic heterocycles. The van der Waals surface area contributed by atoms with Crippen LogP contribution in [0.15, 0.2) is 11.0 Å². The van der Waals surface area contributed by atoms with Gasteiger partial charge in [-0.25, -0.2) is 0 Å². The van der Waals surface area contributed by atoms with Crippen LogP contribution in [0.3, 0.4) is 0 Å². The molecule has 0 aromatic rings. The Kier molecular flexibility index (Phi) is 2.68. The summed E-state index contributed by atoms with van der Waals surface area (Å²) in [6.45, 7) is 6.30. The maximum absolute atomic E-state index is 4.27. The van der Waals surface area contributed by atoms with Gasteiger partial charge in [0.05, 0.1) is 0 Å². The summed E-state index contributed by atoms with van der Waals surface area (Å²) in [5.41, 5.74) is 0. The molecule has 0 saturated heterocycles. The second-order valence-electron chi connectivity index (χ2n) is 2.92. The molecule has 0 N–H and O–H groups in total. The molecule has 8 heavy (non-hydrogen) atoms. The number of thiol groups is 1. The smallest absolute Gasteiger partial charge is 0.115 e. The summed E-state index contributed by atoms with van der Waals surface area (Å²) in [5, 5.41) is 0.234. The van der Waals surface area contributed by atoms with Crippen molar-refractivity contribution in [2.45, 2.75) is 26.1 Å². The van der Waals surface area contributed by atoms with Gasteiger partial charge in [-0.15, -0.1) is 12.6 Å². The fourth-order valence-corrected chi connectivity index (χ4v) is 0.433. The highest BCUT2D eigenvalue weighted by Gasteiger charge is 2.11. The predicted octanol–water partition coefficient (Wildman–Crippen LogP) is 1.65. The third kappa shape index (κ3) is 2.46. The van der Waals surface area contributed by atoms with Crippen LogP contribution in [0.2, 0.25) is 5.31 Å². The quantitative estimate of drug-likeness (QED) is 0.403. The highest BCUT2D eigenvalue weighted by atomic mass is 32.1. The zero-order valence-corrected chi connectivity index (χ0v) is 6.92. The van der Waals surface area contributed by atoms with Gasteiger partial charge >= 0.3 is 0 Å². The molecular formula is C6H13BS. The van der Waals surface area contributed by atoms with E-state index >= 15 is 0 Å². The van der Waals surface area contributed by atoms with Gasteiger partial charge in [0.1, 0.15) is 7.85 Å². The SMILES string of the molecule is BC(C)(C)/C(S)=C/C. The highest BCUT2D eigenvalue weighted by Crippen LogP contribution is 2.31. The minimum Gasteiger partial charge on any atom is -0.148 e. The molecule has 0 bridgehead atoms. The fourth-order valence-electron chi connectivity index (χ4n) is 0.433. The molecule has 2 heteroatoms. The van der Waals surface area contributed by atoms with Gasteiger partial charge < -0.3 is 0 Å². The minimum absolute atomic E-state index is 0.234. The predicted molar refractivity (Wildman–Crippen MR) is 45.3 cm³/mol. The van der Waals surface area contributed by atoms with Gasteiger partial charge in [-0.3, -0.25) is 0 Å². The number of hydrogen-bond acceptors (Lipinski definition) is 1. The standard InChI is InChI=1S/C6H13BS/c1-4-5(8)6(2,3)7/h4,8H,7H2,1-3H3/b5-4-. The average Bonchev–Trinajstić information content (AvgIpc) is 1.62. The van der Waals surface area contributed by atoms with E-state index in [1.807, 2.05) is 13.0 Å². The van der Waals surface area contributed by atoms with Crippen molar-refractivity contribution in [2.75, 3.05) is 0 Å². The maximum Gasteiger partial charge on any atom is 0.115 e. The summed E-state index contributed by atoms with van der Waals surface area (Å²) in [5.74, 6) is 0. The highest BCUT2D eigenvalue weighted by molar-refractivity contribution is 7.84. The summed E-state index contributed by atoms with van der Waals surface area (Å²) in [6, 6.07) is 0. The van der Waals surface area contributed by atoms with Crippen molar-refractivity contribution >= 4 is 20.5 Å². The van der Waals surface area contributed by atoms with Gasteiger partial charge in [0.2, 0.25) is 0 Å². The Labute approximate surface area is 58.2 Å². The molecule has 0 amide bonds. The Morgan fingerprint density at radius 1 is 1.62 bits per heavy atom. The molecule has 0 fully saturated rings. The van der Waals surface area contributed by atoms with Gasteiger partial charge in [-0.1, -0.05) is 19.9 Å². The summed E-state index contributed by atoms with van der Waals surface area (Å²) >= 11 is 4.27. The first-order chi connectivity index (χ1) is 3.48. The Balaban J connectivity index is 4.03. The van der Waals surface area contributed by atoms with Crippen molar-refractivity contribution in [3.8, 4) is 0 Å². The second kappa shape index (κ2) is 2.63. The van der Waals surface area contributed by atoms with Crippen molar-refractivity contribution < 1.29 is 0 Å². The van der Waals surface area contributed by atoms with E-state index in [0.29, 0.717) is 0 Å². The van der Waals surface area contributed by atoms with Crippen LogP contribution in [-0.4, -0.2) is 7.85 Å². The molecule has 0 aliphatic rings. The van der Waals surface area contributed by atoms with E-state index in [1.165, 1.54) is 0 Å². The first-order valence-corrected chi connectivity index (χ1v) is 3.29. The van der Waals surface area contributed by atoms with Crippen molar-refractivity contribution in [3.63, 3.8) is 0 Å². The van der Waals surface area contributed by atoms with Crippen molar-refractivity contribution in [2.24, 2.45) is 0 Å². The van der Waals surface area contributed by atoms with Crippen LogP contribution >= 0.6 is 12.6 Å². The molecule has 46 valence electrons. The number of allylic oxidation sites excluding steroid dienone is 2. The van der Waals surface area contributed by atoms with Crippen LogP contribution in [0.25, 0.3) is 0 Å². The Morgan fingerprint density at radius 2 is 2.00 bits per heavy atom. The van der Waals surface area contributed by atoms with Crippen LogP contribution in [0, 0.1) is 0 Å². The summed E-state index contributed by atoms with van der Waals surface area (Å²) in [7, 11) is 2.15. The first-order valence-electron chi connectivity index (χ1n) is 2.84. The summed E-state index contributed by atoms with van der Waals surface area (Å²) in [6.07, 6.45) is 2.03. The van der Waals surface area contributed by atoms with E-state index in [1.54, 1.807) is 0 Å². The van der Waals surface area contributed by atoms with Crippen molar-refractivity contribution in [1.82, 2.24) is 0 Å². The molecule has 0 aromatic carbocycles.